The van der Waals surface area contributed by atoms with Gasteiger partial charge in [0.2, 0.25) is 0 Å². The van der Waals surface area contributed by atoms with Crippen LogP contribution in [0.15, 0.2) is 6.33 Å². The van der Waals surface area contributed by atoms with Crippen LogP contribution >= 0.6 is 0 Å². The molecule has 1 fully saturated rings. The second-order valence-electron chi connectivity index (χ2n) is 5.08. The highest BCUT2D eigenvalue weighted by Crippen LogP contribution is 2.33. The van der Waals surface area contributed by atoms with Gasteiger partial charge in [-0.1, -0.05) is 13.3 Å². The van der Waals surface area contributed by atoms with E-state index in [1.165, 1.54) is 19.3 Å². The third-order valence-electron chi connectivity index (χ3n) is 3.88. The van der Waals surface area contributed by atoms with E-state index in [2.05, 4.69) is 29.4 Å². The van der Waals surface area contributed by atoms with Gasteiger partial charge < -0.3 is 5.32 Å². The van der Waals surface area contributed by atoms with Crippen molar-refractivity contribution in [3.63, 3.8) is 0 Å². The van der Waals surface area contributed by atoms with Gasteiger partial charge in [0.25, 0.3) is 0 Å². The first kappa shape index (κ1) is 11.6. The number of aryl methyl sites for hydroxylation is 1. The van der Waals surface area contributed by atoms with Crippen LogP contribution in [-0.4, -0.2) is 27.9 Å². The standard InChI is InChI=1S/C12H22N4/c1-9-4-5-10(6-9)11(13-2)7-12-14-8-15-16(12)3/h8-11,13H,4-7H2,1-3H3. The van der Waals surface area contributed by atoms with E-state index in [9.17, 15) is 0 Å². The topological polar surface area (TPSA) is 42.7 Å². The molecular weight excluding hydrogens is 200 g/mol. The lowest BCUT2D eigenvalue weighted by molar-refractivity contribution is 0.359. The second kappa shape index (κ2) is 4.95. The molecule has 1 aliphatic rings. The molecule has 16 heavy (non-hydrogen) atoms. The van der Waals surface area contributed by atoms with Crippen molar-refractivity contribution in [3.05, 3.63) is 12.2 Å². The van der Waals surface area contributed by atoms with Gasteiger partial charge in [-0.25, -0.2) is 4.98 Å². The first-order valence-corrected chi connectivity index (χ1v) is 6.20. The van der Waals surface area contributed by atoms with E-state index in [0.29, 0.717) is 6.04 Å². The monoisotopic (exact) mass is 222 g/mol. The van der Waals surface area contributed by atoms with E-state index < -0.39 is 0 Å². The Kier molecular flexibility index (Phi) is 3.59. The number of aromatic nitrogens is 3. The maximum atomic E-state index is 4.31. The molecule has 4 heteroatoms. The molecule has 0 radical (unpaired) electrons. The number of hydrogen-bond acceptors (Lipinski definition) is 3. The average Bonchev–Trinajstić information content (AvgIpc) is 2.85. The van der Waals surface area contributed by atoms with Crippen molar-refractivity contribution in [3.8, 4) is 0 Å². The zero-order valence-corrected chi connectivity index (χ0v) is 10.5. The van der Waals surface area contributed by atoms with Crippen molar-refractivity contribution in [1.29, 1.82) is 0 Å². The Morgan fingerprint density at radius 1 is 1.56 bits per heavy atom. The van der Waals surface area contributed by atoms with Crippen LogP contribution in [0, 0.1) is 11.8 Å². The van der Waals surface area contributed by atoms with Crippen LogP contribution in [0.3, 0.4) is 0 Å². The maximum absolute atomic E-state index is 4.31. The lowest BCUT2D eigenvalue weighted by Gasteiger charge is -2.22. The Bertz CT molecular complexity index is 334. The average molecular weight is 222 g/mol. The fourth-order valence-electron chi connectivity index (χ4n) is 2.82. The maximum Gasteiger partial charge on any atom is 0.138 e. The lowest BCUT2D eigenvalue weighted by atomic mass is 9.94. The molecule has 0 aliphatic heterocycles. The Morgan fingerprint density at radius 3 is 2.88 bits per heavy atom. The highest BCUT2D eigenvalue weighted by atomic mass is 15.3. The number of rotatable bonds is 4. The minimum absolute atomic E-state index is 0.549. The quantitative estimate of drug-likeness (QED) is 0.837. The minimum Gasteiger partial charge on any atom is -0.316 e. The summed E-state index contributed by atoms with van der Waals surface area (Å²) < 4.78 is 1.88. The molecule has 1 N–H and O–H groups in total. The molecule has 1 aliphatic carbocycles. The Balaban J connectivity index is 1.98. The highest BCUT2D eigenvalue weighted by molar-refractivity contribution is 4.93. The van der Waals surface area contributed by atoms with Gasteiger partial charge in [-0.3, -0.25) is 4.68 Å². The molecule has 0 spiro atoms. The summed E-state index contributed by atoms with van der Waals surface area (Å²) >= 11 is 0. The molecule has 1 aromatic rings. The lowest BCUT2D eigenvalue weighted by Crippen LogP contribution is -2.35. The van der Waals surface area contributed by atoms with Crippen LogP contribution in [0.2, 0.25) is 0 Å². The molecule has 0 bridgehead atoms. The Labute approximate surface area is 97.5 Å². The van der Waals surface area contributed by atoms with E-state index in [4.69, 9.17) is 0 Å². The number of hydrogen-bond donors (Lipinski definition) is 1. The first-order valence-electron chi connectivity index (χ1n) is 6.20. The summed E-state index contributed by atoms with van der Waals surface area (Å²) in [7, 11) is 4.02. The van der Waals surface area contributed by atoms with Crippen molar-refractivity contribution in [2.45, 2.75) is 38.6 Å². The zero-order valence-electron chi connectivity index (χ0n) is 10.5. The van der Waals surface area contributed by atoms with Crippen LogP contribution < -0.4 is 5.32 Å². The molecule has 1 heterocycles. The van der Waals surface area contributed by atoms with Crippen LogP contribution in [0.25, 0.3) is 0 Å². The summed E-state index contributed by atoms with van der Waals surface area (Å²) in [5.74, 6) is 2.77. The summed E-state index contributed by atoms with van der Waals surface area (Å²) in [5, 5.41) is 7.57. The van der Waals surface area contributed by atoms with Gasteiger partial charge in [0.05, 0.1) is 0 Å². The van der Waals surface area contributed by atoms with E-state index >= 15 is 0 Å². The molecule has 4 nitrogen and oxygen atoms in total. The summed E-state index contributed by atoms with van der Waals surface area (Å²) in [4.78, 5) is 4.31. The predicted molar refractivity (Wildman–Crippen MR) is 64.1 cm³/mol. The fraction of sp³-hybridized carbons (Fsp3) is 0.833. The normalized spacial score (nSPS) is 27.2. The molecule has 90 valence electrons. The number of nitrogens with zero attached hydrogens (tertiary/aromatic N) is 3. The van der Waals surface area contributed by atoms with Gasteiger partial charge in [0.1, 0.15) is 12.2 Å². The summed E-state index contributed by atoms with van der Waals surface area (Å²) in [6, 6.07) is 0.549. The summed E-state index contributed by atoms with van der Waals surface area (Å²) in [6.45, 7) is 2.36. The number of nitrogens with one attached hydrogen (secondary N) is 1. The molecule has 1 saturated carbocycles. The minimum atomic E-state index is 0.549. The van der Waals surface area contributed by atoms with E-state index in [-0.39, 0.29) is 0 Å². The number of likely N-dealkylation sites (N-methyl/N-ethyl adjacent to an activating group) is 1. The molecule has 1 aromatic heterocycles. The van der Waals surface area contributed by atoms with E-state index in [0.717, 1.165) is 24.1 Å². The van der Waals surface area contributed by atoms with Gasteiger partial charge in [0.15, 0.2) is 0 Å². The third-order valence-corrected chi connectivity index (χ3v) is 3.88. The molecule has 3 atom stereocenters. The zero-order chi connectivity index (χ0) is 11.5. The van der Waals surface area contributed by atoms with Crippen LogP contribution in [0.4, 0.5) is 0 Å². The highest BCUT2D eigenvalue weighted by Gasteiger charge is 2.28. The van der Waals surface area contributed by atoms with Crippen molar-refractivity contribution in [1.82, 2.24) is 20.1 Å². The molecule has 3 unspecified atom stereocenters. The van der Waals surface area contributed by atoms with Crippen molar-refractivity contribution in [2.24, 2.45) is 18.9 Å². The van der Waals surface area contributed by atoms with Gasteiger partial charge in [-0.05, 0) is 31.7 Å². The third kappa shape index (κ3) is 2.43. The molecule has 0 amide bonds. The summed E-state index contributed by atoms with van der Waals surface area (Å²) in [6.07, 6.45) is 6.71. The molecular formula is C12H22N4. The van der Waals surface area contributed by atoms with Gasteiger partial charge in [-0.15, -0.1) is 0 Å². The van der Waals surface area contributed by atoms with Gasteiger partial charge in [-0.2, -0.15) is 5.10 Å². The predicted octanol–water partition coefficient (Wildman–Crippen LogP) is 1.38. The molecule has 0 aromatic carbocycles. The van der Waals surface area contributed by atoms with Crippen molar-refractivity contribution < 1.29 is 0 Å². The fourth-order valence-corrected chi connectivity index (χ4v) is 2.82. The second-order valence-corrected chi connectivity index (χ2v) is 5.08. The smallest absolute Gasteiger partial charge is 0.138 e. The van der Waals surface area contributed by atoms with Crippen molar-refractivity contribution >= 4 is 0 Å². The van der Waals surface area contributed by atoms with Gasteiger partial charge in [0, 0.05) is 19.5 Å². The largest absolute Gasteiger partial charge is 0.316 e. The van der Waals surface area contributed by atoms with Crippen LogP contribution in [-0.2, 0) is 13.5 Å². The van der Waals surface area contributed by atoms with Crippen molar-refractivity contribution in [2.75, 3.05) is 7.05 Å². The van der Waals surface area contributed by atoms with E-state index in [1.807, 2.05) is 11.7 Å². The van der Waals surface area contributed by atoms with Crippen LogP contribution in [0.1, 0.15) is 32.0 Å². The first-order chi connectivity index (χ1) is 7.70. The summed E-state index contributed by atoms with van der Waals surface area (Å²) in [5.41, 5.74) is 0. The molecule has 2 rings (SSSR count). The molecule has 0 saturated heterocycles. The van der Waals surface area contributed by atoms with Gasteiger partial charge >= 0.3 is 0 Å². The Hall–Kier alpha value is -0.900. The SMILES string of the molecule is CNC(Cc1ncnn1C)C1CCC(C)C1. The van der Waals surface area contributed by atoms with Crippen LogP contribution in [0.5, 0.6) is 0 Å². The Morgan fingerprint density at radius 2 is 2.38 bits per heavy atom. The van der Waals surface area contributed by atoms with E-state index in [1.54, 1.807) is 6.33 Å².